The van der Waals surface area contributed by atoms with E-state index in [-0.39, 0.29) is 6.10 Å². The molecule has 0 unspecified atom stereocenters. The fourth-order valence-electron chi connectivity index (χ4n) is 1.82. The Morgan fingerprint density at radius 1 is 1.05 bits per heavy atom. The Balaban J connectivity index is 2.25. The number of ether oxygens (including phenoxy) is 2. The molecule has 3 nitrogen and oxygen atoms in total. The van der Waals surface area contributed by atoms with Crippen molar-refractivity contribution >= 4 is 0 Å². The average Bonchev–Trinajstić information content (AvgIpc) is 2.43. The zero-order valence-corrected chi connectivity index (χ0v) is 13.3. The van der Waals surface area contributed by atoms with Crippen LogP contribution in [0.1, 0.15) is 47.0 Å². The van der Waals surface area contributed by atoms with Crippen LogP contribution in [-0.2, 0) is 0 Å². The molecular formula is C17H29NO2. The Labute approximate surface area is 123 Å². The van der Waals surface area contributed by atoms with Crippen LogP contribution in [-0.4, -0.2) is 25.3 Å². The molecule has 0 radical (unpaired) electrons. The Kier molecular flexibility index (Phi) is 8.12. The molecule has 0 aromatic heterocycles. The molecule has 0 amide bonds. The zero-order chi connectivity index (χ0) is 14.8. The zero-order valence-electron chi connectivity index (χ0n) is 13.3. The first-order chi connectivity index (χ1) is 9.63. The van der Waals surface area contributed by atoms with Gasteiger partial charge in [-0.3, -0.25) is 0 Å². The van der Waals surface area contributed by atoms with E-state index in [9.17, 15) is 0 Å². The molecule has 0 bridgehead atoms. The highest BCUT2D eigenvalue weighted by atomic mass is 16.5. The minimum atomic E-state index is 0.166. The summed E-state index contributed by atoms with van der Waals surface area (Å²) in [6, 6.07) is 8.49. The summed E-state index contributed by atoms with van der Waals surface area (Å²) in [5.41, 5.74) is 0. The summed E-state index contributed by atoms with van der Waals surface area (Å²) >= 11 is 0. The lowest BCUT2D eigenvalue weighted by Crippen LogP contribution is -2.26. The number of para-hydroxylation sites is 2. The van der Waals surface area contributed by atoms with Crippen LogP contribution in [0, 0.1) is 0 Å². The molecule has 1 aromatic rings. The first-order valence-electron chi connectivity index (χ1n) is 7.75. The first-order valence-corrected chi connectivity index (χ1v) is 7.75. The molecule has 0 saturated carbocycles. The molecule has 0 aliphatic carbocycles. The lowest BCUT2D eigenvalue weighted by atomic mass is 10.2. The summed E-state index contributed by atoms with van der Waals surface area (Å²) in [5, 5.41) is 3.49. The highest BCUT2D eigenvalue weighted by molar-refractivity contribution is 5.39. The average molecular weight is 279 g/mol. The number of hydrogen-bond donors (Lipinski definition) is 1. The number of nitrogens with one attached hydrogen (secondary N) is 1. The maximum absolute atomic E-state index is 5.82. The van der Waals surface area contributed by atoms with Crippen molar-refractivity contribution in [3.8, 4) is 11.5 Å². The second-order valence-corrected chi connectivity index (χ2v) is 5.43. The van der Waals surface area contributed by atoms with Crippen LogP contribution < -0.4 is 14.8 Å². The van der Waals surface area contributed by atoms with Gasteiger partial charge in [-0.05, 0) is 58.7 Å². The van der Waals surface area contributed by atoms with E-state index in [1.54, 1.807) is 0 Å². The number of hydrogen-bond acceptors (Lipinski definition) is 3. The third-order valence-corrected chi connectivity index (χ3v) is 3.15. The van der Waals surface area contributed by atoms with Crippen LogP contribution in [0.2, 0.25) is 0 Å². The van der Waals surface area contributed by atoms with Crippen molar-refractivity contribution < 1.29 is 9.47 Å². The first kappa shape index (κ1) is 16.8. The summed E-state index contributed by atoms with van der Waals surface area (Å²) < 4.78 is 11.6. The summed E-state index contributed by atoms with van der Waals surface area (Å²) in [6.07, 6.45) is 3.53. The van der Waals surface area contributed by atoms with Gasteiger partial charge in [-0.25, -0.2) is 0 Å². The Hall–Kier alpha value is -1.22. The minimum absolute atomic E-state index is 0.166. The van der Waals surface area contributed by atoms with Crippen molar-refractivity contribution in [2.24, 2.45) is 0 Å². The second-order valence-electron chi connectivity index (χ2n) is 5.43. The lowest BCUT2D eigenvalue weighted by molar-refractivity contribution is 0.219. The summed E-state index contributed by atoms with van der Waals surface area (Å²) in [7, 11) is 0. The molecule has 0 spiro atoms. The molecular weight excluding hydrogens is 250 g/mol. The van der Waals surface area contributed by atoms with Gasteiger partial charge in [-0.15, -0.1) is 0 Å². The molecule has 1 N–H and O–H groups in total. The van der Waals surface area contributed by atoms with Crippen LogP contribution in [0.15, 0.2) is 24.3 Å². The molecule has 0 saturated heterocycles. The number of rotatable bonds is 10. The summed E-state index contributed by atoms with van der Waals surface area (Å²) in [6.45, 7) is 10.3. The van der Waals surface area contributed by atoms with Gasteiger partial charge in [0.1, 0.15) is 0 Å². The van der Waals surface area contributed by atoms with E-state index >= 15 is 0 Å². The molecule has 3 heteroatoms. The minimum Gasteiger partial charge on any atom is -0.490 e. The van der Waals surface area contributed by atoms with Crippen LogP contribution in [0.25, 0.3) is 0 Å². The van der Waals surface area contributed by atoms with Crippen molar-refractivity contribution in [2.45, 2.75) is 59.1 Å². The summed E-state index contributed by atoms with van der Waals surface area (Å²) in [5.74, 6) is 1.68. The van der Waals surface area contributed by atoms with Crippen LogP contribution >= 0.6 is 0 Å². The van der Waals surface area contributed by atoms with E-state index < -0.39 is 0 Å². The monoisotopic (exact) mass is 279 g/mol. The van der Waals surface area contributed by atoms with Gasteiger partial charge in [0.05, 0.1) is 12.7 Å². The fourth-order valence-corrected chi connectivity index (χ4v) is 1.82. The van der Waals surface area contributed by atoms with Crippen molar-refractivity contribution in [1.82, 2.24) is 5.32 Å². The van der Waals surface area contributed by atoms with Gasteiger partial charge >= 0.3 is 0 Å². The van der Waals surface area contributed by atoms with E-state index in [1.807, 2.05) is 38.1 Å². The van der Waals surface area contributed by atoms with E-state index in [1.165, 1.54) is 6.42 Å². The number of unbranched alkanes of at least 4 members (excludes halogenated alkanes) is 1. The van der Waals surface area contributed by atoms with Crippen molar-refractivity contribution in [3.63, 3.8) is 0 Å². The van der Waals surface area contributed by atoms with Gasteiger partial charge in [0.25, 0.3) is 0 Å². The molecule has 0 heterocycles. The molecule has 1 rings (SSSR count). The van der Waals surface area contributed by atoms with E-state index in [0.29, 0.717) is 6.04 Å². The van der Waals surface area contributed by atoms with Crippen molar-refractivity contribution in [2.75, 3.05) is 13.2 Å². The highest BCUT2D eigenvalue weighted by Crippen LogP contribution is 2.27. The Morgan fingerprint density at radius 2 is 1.75 bits per heavy atom. The Bertz CT molecular complexity index is 366. The molecule has 1 atom stereocenters. The topological polar surface area (TPSA) is 30.5 Å². The Morgan fingerprint density at radius 3 is 2.40 bits per heavy atom. The van der Waals surface area contributed by atoms with Gasteiger partial charge in [0, 0.05) is 6.04 Å². The van der Waals surface area contributed by atoms with Crippen LogP contribution in [0.3, 0.4) is 0 Å². The second kappa shape index (κ2) is 9.65. The van der Waals surface area contributed by atoms with Gasteiger partial charge in [-0.2, -0.15) is 0 Å². The smallest absolute Gasteiger partial charge is 0.161 e. The highest BCUT2D eigenvalue weighted by Gasteiger charge is 2.05. The van der Waals surface area contributed by atoms with E-state index in [0.717, 1.165) is 37.5 Å². The molecule has 20 heavy (non-hydrogen) atoms. The van der Waals surface area contributed by atoms with Crippen molar-refractivity contribution in [1.29, 1.82) is 0 Å². The molecule has 0 aliphatic heterocycles. The van der Waals surface area contributed by atoms with E-state index in [4.69, 9.17) is 9.47 Å². The molecule has 0 aliphatic rings. The van der Waals surface area contributed by atoms with Crippen LogP contribution in [0.5, 0.6) is 11.5 Å². The lowest BCUT2D eigenvalue weighted by Gasteiger charge is -2.15. The van der Waals surface area contributed by atoms with Gasteiger partial charge in [0.2, 0.25) is 0 Å². The maximum Gasteiger partial charge on any atom is 0.161 e. The van der Waals surface area contributed by atoms with Gasteiger partial charge < -0.3 is 14.8 Å². The SMILES string of the molecule is CC[C@H](C)NCCCCOc1ccccc1OC(C)C. The van der Waals surface area contributed by atoms with E-state index in [2.05, 4.69) is 19.2 Å². The van der Waals surface area contributed by atoms with Gasteiger partial charge in [0.15, 0.2) is 11.5 Å². The largest absolute Gasteiger partial charge is 0.490 e. The third kappa shape index (κ3) is 6.80. The normalized spacial score (nSPS) is 12.4. The van der Waals surface area contributed by atoms with Crippen LogP contribution in [0.4, 0.5) is 0 Å². The number of benzene rings is 1. The molecule has 1 aromatic carbocycles. The standard InChI is InChI=1S/C17H29NO2/c1-5-15(4)18-12-8-9-13-19-16-10-6-7-11-17(16)20-14(2)3/h6-7,10-11,14-15,18H,5,8-9,12-13H2,1-4H3/t15-/m0/s1. The molecule has 0 fully saturated rings. The molecule has 114 valence electrons. The third-order valence-electron chi connectivity index (χ3n) is 3.15. The predicted octanol–water partition coefficient (Wildman–Crippen LogP) is 4.02. The van der Waals surface area contributed by atoms with Gasteiger partial charge in [-0.1, -0.05) is 19.1 Å². The quantitative estimate of drug-likeness (QED) is 0.656. The predicted molar refractivity (Wildman–Crippen MR) is 84.7 cm³/mol. The van der Waals surface area contributed by atoms with Crippen molar-refractivity contribution in [3.05, 3.63) is 24.3 Å². The fraction of sp³-hybridized carbons (Fsp3) is 0.647. The summed E-state index contributed by atoms with van der Waals surface area (Å²) in [4.78, 5) is 0. The maximum atomic E-state index is 5.82.